The number of rotatable bonds is 6. The maximum Gasteiger partial charge on any atom is 0.242 e. The summed E-state index contributed by atoms with van der Waals surface area (Å²) in [5.41, 5.74) is 1.10. The van der Waals surface area contributed by atoms with Crippen LogP contribution >= 0.6 is 35.6 Å². The molecule has 0 aromatic heterocycles. The van der Waals surface area contributed by atoms with Crippen molar-refractivity contribution >= 4 is 47.4 Å². The zero-order valence-corrected chi connectivity index (χ0v) is 22.0. The molecule has 9 heteroatoms. The van der Waals surface area contributed by atoms with Crippen LogP contribution in [-0.4, -0.2) is 103 Å². The summed E-state index contributed by atoms with van der Waals surface area (Å²) in [6, 6.07) is 8.12. The lowest BCUT2D eigenvalue weighted by atomic mass is 10.2. The summed E-state index contributed by atoms with van der Waals surface area (Å²) in [6.07, 6.45) is 0. The number of amides is 1. The minimum Gasteiger partial charge on any atom is -0.355 e. The Morgan fingerprint density at radius 1 is 1.13 bits per heavy atom. The Morgan fingerprint density at radius 3 is 2.39 bits per heavy atom. The maximum atomic E-state index is 12.7. The van der Waals surface area contributed by atoms with Crippen molar-refractivity contribution in [3.63, 3.8) is 0 Å². The fraction of sp³-hybridized carbons (Fsp3) is 0.636. The molecule has 7 nitrogen and oxygen atoms in total. The third-order valence-corrected chi connectivity index (χ3v) is 6.40. The van der Waals surface area contributed by atoms with Gasteiger partial charge in [0.2, 0.25) is 5.91 Å². The molecule has 1 atom stereocenters. The number of hydrogen-bond acceptors (Lipinski definition) is 4. The molecule has 0 saturated carbocycles. The summed E-state index contributed by atoms with van der Waals surface area (Å²) in [6.45, 7) is 13.4. The van der Waals surface area contributed by atoms with Crippen molar-refractivity contribution in [2.45, 2.75) is 26.4 Å². The summed E-state index contributed by atoms with van der Waals surface area (Å²) in [4.78, 5) is 26.1. The van der Waals surface area contributed by atoms with Gasteiger partial charge in [-0.15, -0.1) is 24.0 Å². The number of aliphatic imine (C=N–C) groups is 1. The van der Waals surface area contributed by atoms with E-state index in [1.54, 1.807) is 7.05 Å². The molecular formula is C22H36ClIN6O. The fourth-order valence-corrected chi connectivity index (χ4v) is 4.21. The van der Waals surface area contributed by atoms with Crippen LogP contribution in [0, 0.1) is 0 Å². The first-order valence-corrected chi connectivity index (χ1v) is 11.3. The number of halogens is 2. The van der Waals surface area contributed by atoms with Gasteiger partial charge in [-0.1, -0.05) is 30.7 Å². The Morgan fingerprint density at radius 2 is 1.81 bits per heavy atom. The molecule has 2 aliphatic heterocycles. The van der Waals surface area contributed by atoms with Gasteiger partial charge in [-0.3, -0.25) is 14.7 Å². The van der Waals surface area contributed by atoms with E-state index in [2.05, 4.69) is 38.9 Å². The average Bonchev–Trinajstić information content (AvgIpc) is 2.77. The number of hydrogen-bond donors (Lipinski definition) is 1. The standard InChI is InChI=1S/C22H35ClN6O.HI/c1-4-26-9-11-27(12-10-26)18(2)15-25-22(24-3)29-14-13-28(21(30)17-29)16-19-5-7-20(23)8-6-19;/h5-8,18H,4,9-17H2,1-3H3,(H,24,25);1H. The predicted octanol–water partition coefficient (Wildman–Crippen LogP) is 2.20. The molecule has 2 aliphatic rings. The van der Waals surface area contributed by atoms with Crippen molar-refractivity contribution in [2.75, 3.05) is 66.0 Å². The lowest BCUT2D eigenvalue weighted by Gasteiger charge is -2.39. The number of nitrogens with one attached hydrogen (secondary N) is 1. The molecule has 1 aromatic carbocycles. The first-order valence-electron chi connectivity index (χ1n) is 10.9. The van der Waals surface area contributed by atoms with Crippen LogP contribution in [0.25, 0.3) is 0 Å². The van der Waals surface area contributed by atoms with Crippen molar-refractivity contribution in [1.29, 1.82) is 0 Å². The van der Waals surface area contributed by atoms with Gasteiger partial charge in [0.25, 0.3) is 0 Å². The summed E-state index contributed by atoms with van der Waals surface area (Å²) < 4.78 is 0. The van der Waals surface area contributed by atoms with E-state index in [0.29, 0.717) is 30.7 Å². The highest BCUT2D eigenvalue weighted by atomic mass is 127. The molecule has 1 N–H and O–H groups in total. The second-order valence-electron chi connectivity index (χ2n) is 8.11. The molecule has 0 spiro atoms. The maximum absolute atomic E-state index is 12.7. The molecule has 0 bridgehead atoms. The molecule has 1 amide bonds. The van der Waals surface area contributed by atoms with E-state index in [9.17, 15) is 4.79 Å². The van der Waals surface area contributed by atoms with Crippen LogP contribution in [-0.2, 0) is 11.3 Å². The van der Waals surface area contributed by atoms with Gasteiger partial charge >= 0.3 is 0 Å². The number of nitrogens with zero attached hydrogens (tertiary/aromatic N) is 5. The Labute approximate surface area is 208 Å². The third kappa shape index (κ3) is 7.47. The summed E-state index contributed by atoms with van der Waals surface area (Å²) >= 11 is 5.96. The normalized spacial score (nSPS) is 19.9. The second-order valence-corrected chi connectivity index (χ2v) is 8.55. The molecule has 2 fully saturated rings. The number of benzene rings is 1. The van der Waals surface area contributed by atoms with Crippen LogP contribution < -0.4 is 5.32 Å². The Kier molecular flexibility index (Phi) is 10.8. The van der Waals surface area contributed by atoms with Crippen LogP contribution in [0.15, 0.2) is 29.3 Å². The van der Waals surface area contributed by atoms with Gasteiger partial charge in [0.1, 0.15) is 0 Å². The number of carbonyl (C=O) groups excluding carboxylic acids is 1. The molecule has 0 radical (unpaired) electrons. The van der Waals surface area contributed by atoms with Gasteiger partial charge in [0, 0.05) is 70.5 Å². The number of carbonyl (C=O) groups is 1. The van der Waals surface area contributed by atoms with Gasteiger partial charge in [-0.25, -0.2) is 0 Å². The van der Waals surface area contributed by atoms with Crippen LogP contribution in [0.5, 0.6) is 0 Å². The Balaban J connectivity index is 0.00000341. The number of likely N-dealkylation sites (N-methyl/N-ethyl adjacent to an activating group) is 1. The van der Waals surface area contributed by atoms with E-state index in [0.717, 1.165) is 57.3 Å². The topological polar surface area (TPSA) is 54.4 Å². The minimum absolute atomic E-state index is 0. The summed E-state index contributed by atoms with van der Waals surface area (Å²) in [7, 11) is 1.79. The Hall–Kier alpha value is -1.10. The first kappa shape index (κ1) is 26.2. The van der Waals surface area contributed by atoms with Crippen LogP contribution in [0.1, 0.15) is 19.4 Å². The average molecular weight is 563 g/mol. The molecule has 31 heavy (non-hydrogen) atoms. The predicted molar refractivity (Wildman–Crippen MR) is 138 cm³/mol. The monoisotopic (exact) mass is 562 g/mol. The lowest BCUT2D eigenvalue weighted by Crippen LogP contribution is -2.57. The van der Waals surface area contributed by atoms with Gasteiger partial charge < -0.3 is 20.0 Å². The number of piperazine rings is 2. The van der Waals surface area contributed by atoms with Gasteiger partial charge in [0.15, 0.2) is 5.96 Å². The number of guanidine groups is 1. The van der Waals surface area contributed by atoms with Gasteiger partial charge in [-0.2, -0.15) is 0 Å². The van der Waals surface area contributed by atoms with Crippen LogP contribution in [0.4, 0.5) is 0 Å². The van der Waals surface area contributed by atoms with Gasteiger partial charge in [-0.05, 0) is 31.2 Å². The van der Waals surface area contributed by atoms with Crippen molar-refractivity contribution in [3.8, 4) is 0 Å². The molecule has 174 valence electrons. The highest BCUT2D eigenvalue weighted by Gasteiger charge is 2.27. The SMILES string of the molecule is CCN1CCN(C(C)CNC(=NC)N2CCN(Cc3ccc(Cl)cc3)C(=O)C2)CC1.I. The molecule has 1 unspecified atom stereocenters. The van der Waals surface area contributed by atoms with Crippen molar-refractivity contribution in [1.82, 2.24) is 24.9 Å². The summed E-state index contributed by atoms with van der Waals surface area (Å²) in [5.74, 6) is 0.941. The fourth-order valence-electron chi connectivity index (χ4n) is 4.09. The van der Waals surface area contributed by atoms with E-state index < -0.39 is 0 Å². The second kappa shape index (κ2) is 12.8. The molecule has 0 aliphatic carbocycles. The highest BCUT2D eigenvalue weighted by Crippen LogP contribution is 2.14. The van der Waals surface area contributed by atoms with E-state index in [1.807, 2.05) is 29.2 Å². The smallest absolute Gasteiger partial charge is 0.242 e. The molecule has 2 saturated heterocycles. The summed E-state index contributed by atoms with van der Waals surface area (Å²) in [5, 5.41) is 4.20. The quantitative estimate of drug-likeness (QED) is 0.327. The van der Waals surface area contributed by atoms with Gasteiger partial charge in [0.05, 0.1) is 6.54 Å². The third-order valence-electron chi connectivity index (χ3n) is 6.15. The van der Waals surface area contributed by atoms with E-state index in [4.69, 9.17) is 11.6 Å². The van der Waals surface area contributed by atoms with Crippen molar-refractivity contribution < 1.29 is 4.79 Å². The Bertz CT molecular complexity index is 723. The lowest BCUT2D eigenvalue weighted by molar-refractivity contribution is -0.135. The minimum atomic E-state index is 0. The highest BCUT2D eigenvalue weighted by molar-refractivity contribution is 14.0. The van der Waals surface area contributed by atoms with Crippen molar-refractivity contribution in [3.05, 3.63) is 34.9 Å². The van der Waals surface area contributed by atoms with Crippen LogP contribution in [0.2, 0.25) is 5.02 Å². The molecule has 2 heterocycles. The molecule has 3 rings (SSSR count). The van der Waals surface area contributed by atoms with E-state index in [1.165, 1.54) is 0 Å². The van der Waals surface area contributed by atoms with E-state index >= 15 is 0 Å². The van der Waals surface area contributed by atoms with E-state index in [-0.39, 0.29) is 29.9 Å². The molecule has 1 aromatic rings. The molecular weight excluding hydrogens is 527 g/mol. The van der Waals surface area contributed by atoms with Crippen LogP contribution in [0.3, 0.4) is 0 Å². The van der Waals surface area contributed by atoms with Crippen molar-refractivity contribution in [2.24, 2.45) is 4.99 Å². The first-order chi connectivity index (χ1) is 14.5. The zero-order valence-electron chi connectivity index (χ0n) is 18.9. The largest absolute Gasteiger partial charge is 0.355 e. The zero-order chi connectivity index (χ0) is 21.5.